The van der Waals surface area contributed by atoms with Crippen LogP contribution in [-0.2, 0) is 16.6 Å². The lowest BCUT2D eigenvalue weighted by molar-refractivity contribution is 0.234. The minimum absolute atomic E-state index is 0. The lowest BCUT2D eigenvalue weighted by Crippen LogP contribution is -2.47. The predicted octanol–water partition coefficient (Wildman–Crippen LogP) is 3.21. The van der Waals surface area contributed by atoms with Crippen LogP contribution >= 0.6 is 35.3 Å². The number of nitrogens with zero attached hydrogens (tertiary/aromatic N) is 2. The van der Waals surface area contributed by atoms with Gasteiger partial charge in [0.2, 0.25) is 10.0 Å². The summed E-state index contributed by atoms with van der Waals surface area (Å²) in [7, 11) is -1.86. The van der Waals surface area contributed by atoms with E-state index in [-0.39, 0.29) is 28.2 Å². The van der Waals surface area contributed by atoms with E-state index < -0.39 is 10.0 Å². The molecule has 1 aromatic heterocycles. The van der Waals surface area contributed by atoms with E-state index in [1.54, 1.807) is 19.2 Å². The molecule has 1 fully saturated rings. The Morgan fingerprint density at radius 3 is 2.57 bits per heavy atom. The van der Waals surface area contributed by atoms with Gasteiger partial charge in [-0.15, -0.1) is 35.3 Å². The van der Waals surface area contributed by atoms with E-state index in [1.165, 1.54) is 16.9 Å². The Bertz CT molecular complexity index is 900. The number of sulfonamides is 1. The number of aliphatic imine (C=N–C) groups is 1. The van der Waals surface area contributed by atoms with Crippen molar-refractivity contribution in [3.8, 4) is 0 Å². The van der Waals surface area contributed by atoms with Crippen LogP contribution in [0.5, 0.6) is 0 Å². The van der Waals surface area contributed by atoms with Crippen LogP contribution in [0.1, 0.15) is 29.7 Å². The zero-order chi connectivity index (χ0) is 19.4. The molecule has 1 aliphatic rings. The molecule has 0 spiro atoms. The molecule has 0 bridgehead atoms. The van der Waals surface area contributed by atoms with E-state index in [9.17, 15) is 8.42 Å². The molecule has 1 aromatic carbocycles. The molecule has 2 heterocycles. The molecular weight excluding hydrogens is 507 g/mol. The van der Waals surface area contributed by atoms with Crippen LogP contribution in [0.4, 0.5) is 0 Å². The average Bonchev–Trinajstić information content (AvgIpc) is 3.12. The lowest BCUT2D eigenvalue weighted by atomic mass is 9.82. The number of piperidine rings is 1. The molecule has 0 aliphatic carbocycles. The van der Waals surface area contributed by atoms with Crippen LogP contribution in [0, 0.1) is 5.92 Å². The second kappa shape index (κ2) is 10.0. The van der Waals surface area contributed by atoms with E-state index in [1.807, 2.05) is 0 Å². The van der Waals surface area contributed by atoms with Crippen LogP contribution in [0.15, 0.2) is 51.7 Å². The van der Waals surface area contributed by atoms with Crippen LogP contribution in [-0.4, -0.2) is 39.4 Å². The van der Waals surface area contributed by atoms with Gasteiger partial charge in [0.25, 0.3) is 0 Å². The van der Waals surface area contributed by atoms with Crippen molar-refractivity contribution in [2.24, 2.45) is 16.0 Å². The molecule has 0 saturated carbocycles. The quantitative estimate of drug-likeness (QED) is 0.358. The van der Waals surface area contributed by atoms with Crippen molar-refractivity contribution >= 4 is 51.3 Å². The van der Waals surface area contributed by atoms with E-state index in [4.69, 9.17) is 5.14 Å². The molecule has 9 heteroatoms. The highest BCUT2D eigenvalue weighted by Crippen LogP contribution is 2.32. The fraction of sp³-hybridized carbons (Fsp3) is 0.421. The number of hydrogen-bond acceptors (Lipinski definition) is 4. The minimum atomic E-state index is -3.64. The Hall–Kier alpha value is -1.17. The Morgan fingerprint density at radius 2 is 2.00 bits per heavy atom. The zero-order valence-electron chi connectivity index (χ0n) is 16.0. The van der Waals surface area contributed by atoms with Crippen molar-refractivity contribution < 1.29 is 8.42 Å². The summed E-state index contributed by atoms with van der Waals surface area (Å²) in [4.78, 5) is 7.59. The number of likely N-dealkylation sites (tertiary alicyclic amines) is 1. The van der Waals surface area contributed by atoms with Gasteiger partial charge in [-0.1, -0.05) is 37.3 Å². The van der Waals surface area contributed by atoms with Gasteiger partial charge in [-0.05, 0) is 36.0 Å². The Morgan fingerprint density at radius 1 is 1.29 bits per heavy atom. The molecule has 2 unspecified atom stereocenters. The van der Waals surface area contributed by atoms with Gasteiger partial charge in [0.05, 0.1) is 6.54 Å². The summed E-state index contributed by atoms with van der Waals surface area (Å²) in [5.41, 5.74) is 1.40. The van der Waals surface area contributed by atoms with Gasteiger partial charge in [0.15, 0.2) is 5.96 Å². The number of nitrogens with two attached hydrogens (primary N) is 1. The van der Waals surface area contributed by atoms with E-state index in [0.717, 1.165) is 30.3 Å². The second-order valence-corrected chi connectivity index (χ2v) is 9.85. The first kappa shape index (κ1) is 23.1. The second-order valence-electron chi connectivity index (χ2n) is 6.90. The predicted molar refractivity (Wildman–Crippen MR) is 126 cm³/mol. The minimum Gasteiger partial charge on any atom is -0.351 e. The largest absolute Gasteiger partial charge is 0.351 e. The van der Waals surface area contributed by atoms with Gasteiger partial charge < -0.3 is 10.2 Å². The van der Waals surface area contributed by atoms with Crippen LogP contribution in [0.2, 0.25) is 0 Å². The first-order valence-electron chi connectivity index (χ1n) is 9.00. The molecule has 6 nitrogen and oxygen atoms in total. The fourth-order valence-electron chi connectivity index (χ4n) is 3.64. The Balaban J connectivity index is 0.00000280. The van der Waals surface area contributed by atoms with Crippen molar-refractivity contribution in [3.05, 3.63) is 52.9 Å². The number of halogens is 1. The molecule has 154 valence electrons. The third kappa shape index (κ3) is 5.68. The summed E-state index contributed by atoms with van der Waals surface area (Å²) < 4.78 is 23.0. The maximum absolute atomic E-state index is 11.4. The molecule has 0 amide bonds. The maximum atomic E-state index is 11.4. The number of nitrogens with one attached hydrogen (secondary N) is 1. The van der Waals surface area contributed by atoms with Crippen molar-refractivity contribution in [1.29, 1.82) is 0 Å². The number of primary sulfonamides is 1. The summed E-state index contributed by atoms with van der Waals surface area (Å²) in [5.74, 6) is 1.93. The summed E-state index contributed by atoms with van der Waals surface area (Å²) in [6.07, 6.45) is 1.08. The van der Waals surface area contributed by atoms with E-state index in [2.05, 4.69) is 52.5 Å². The summed E-state index contributed by atoms with van der Waals surface area (Å²) in [6, 6.07) is 14.0. The molecule has 2 atom stereocenters. The van der Waals surface area contributed by atoms with E-state index >= 15 is 0 Å². The summed E-state index contributed by atoms with van der Waals surface area (Å²) in [6.45, 7) is 4.69. The number of rotatable bonds is 4. The van der Waals surface area contributed by atoms with Crippen molar-refractivity contribution in [2.75, 3.05) is 20.1 Å². The summed E-state index contributed by atoms with van der Waals surface area (Å²) in [5, 5.41) is 8.52. The molecule has 3 N–H and O–H groups in total. The smallest absolute Gasteiger partial charge is 0.247 e. The van der Waals surface area contributed by atoms with Gasteiger partial charge in [-0.25, -0.2) is 13.6 Å². The standard InChI is InChI=1S/C19H26N4O2S2.HI/c1-14-13-23(11-10-17(14)15-6-4-3-5-7-15)19(21-2)22-12-16-8-9-18(26-16)27(20,24)25;/h3-9,14,17H,10-13H2,1-2H3,(H,21,22)(H2,20,24,25);1H. The van der Waals surface area contributed by atoms with Crippen LogP contribution in [0.25, 0.3) is 0 Å². The molecular formula is C19H27IN4O2S2. The highest BCUT2D eigenvalue weighted by atomic mass is 127. The molecule has 28 heavy (non-hydrogen) atoms. The van der Waals surface area contributed by atoms with Crippen LogP contribution in [0.3, 0.4) is 0 Å². The summed E-state index contributed by atoms with van der Waals surface area (Å²) >= 11 is 1.19. The van der Waals surface area contributed by atoms with Crippen molar-refractivity contribution in [2.45, 2.75) is 30.0 Å². The molecule has 1 aliphatic heterocycles. The fourth-order valence-corrected chi connectivity index (χ4v) is 5.36. The molecule has 3 rings (SSSR count). The number of benzene rings is 1. The third-order valence-corrected chi connectivity index (χ3v) is 7.51. The van der Waals surface area contributed by atoms with Gasteiger partial charge >= 0.3 is 0 Å². The third-order valence-electron chi connectivity index (χ3n) is 4.98. The van der Waals surface area contributed by atoms with Gasteiger partial charge in [-0.2, -0.15) is 0 Å². The highest BCUT2D eigenvalue weighted by Gasteiger charge is 2.28. The molecule has 2 aromatic rings. The lowest BCUT2D eigenvalue weighted by Gasteiger charge is -2.38. The highest BCUT2D eigenvalue weighted by molar-refractivity contribution is 14.0. The Kier molecular flexibility index (Phi) is 8.29. The SMILES string of the molecule is CN=C(NCc1ccc(S(N)(=O)=O)s1)N1CCC(c2ccccc2)C(C)C1.I. The topological polar surface area (TPSA) is 87.8 Å². The van der Waals surface area contributed by atoms with Gasteiger partial charge in [0, 0.05) is 25.0 Å². The molecule has 0 radical (unpaired) electrons. The first-order valence-corrected chi connectivity index (χ1v) is 11.4. The maximum Gasteiger partial charge on any atom is 0.247 e. The van der Waals surface area contributed by atoms with E-state index in [0.29, 0.717) is 18.4 Å². The van der Waals surface area contributed by atoms with Crippen molar-refractivity contribution in [1.82, 2.24) is 10.2 Å². The van der Waals surface area contributed by atoms with Gasteiger partial charge in [0.1, 0.15) is 4.21 Å². The van der Waals surface area contributed by atoms with Gasteiger partial charge in [-0.3, -0.25) is 4.99 Å². The normalized spacial score (nSPS) is 20.5. The van der Waals surface area contributed by atoms with Crippen LogP contribution < -0.4 is 10.5 Å². The first-order chi connectivity index (χ1) is 12.9. The zero-order valence-corrected chi connectivity index (χ0v) is 20.0. The molecule has 1 saturated heterocycles. The average molecular weight is 534 g/mol. The Labute approximate surface area is 188 Å². The monoisotopic (exact) mass is 534 g/mol. The number of guanidine groups is 1. The number of hydrogen-bond donors (Lipinski definition) is 2. The van der Waals surface area contributed by atoms with Crippen molar-refractivity contribution in [3.63, 3.8) is 0 Å². The number of thiophene rings is 1.